The fourth-order valence-corrected chi connectivity index (χ4v) is 6.31. The van der Waals surface area contributed by atoms with Gasteiger partial charge in [0.15, 0.2) is 0 Å². The SMILES string of the molecule is CC1(C)c2ccccc2Oc2cc(-c3ccc(-c4ccc(-c5cccc6c5oc5ccccc56)cc4)cc3)ccc21. The lowest BCUT2D eigenvalue weighted by molar-refractivity contribution is 0.418. The first-order valence-corrected chi connectivity index (χ1v) is 14.1. The zero-order valence-electron chi connectivity index (χ0n) is 23.0. The van der Waals surface area contributed by atoms with Crippen LogP contribution in [-0.4, -0.2) is 0 Å². The van der Waals surface area contributed by atoms with E-state index in [2.05, 4.69) is 129 Å². The topological polar surface area (TPSA) is 22.4 Å². The minimum atomic E-state index is -0.103. The molecule has 0 N–H and O–H groups in total. The number of benzene rings is 6. The highest BCUT2D eigenvalue weighted by atomic mass is 16.5. The predicted molar refractivity (Wildman–Crippen MR) is 169 cm³/mol. The molecule has 0 amide bonds. The van der Waals surface area contributed by atoms with Gasteiger partial charge >= 0.3 is 0 Å². The lowest BCUT2D eigenvalue weighted by Gasteiger charge is -2.34. The monoisotopic (exact) mass is 528 g/mol. The fourth-order valence-electron chi connectivity index (χ4n) is 6.31. The van der Waals surface area contributed by atoms with E-state index in [0.717, 1.165) is 50.1 Å². The summed E-state index contributed by atoms with van der Waals surface area (Å²) in [6.45, 7) is 4.54. The first-order valence-electron chi connectivity index (χ1n) is 14.1. The van der Waals surface area contributed by atoms with Crippen molar-refractivity contribution in [2.45, 2.75) is 19.3 Å². The van der Waals surface area contributed by atoms with E-state index in [0.29, 0.717) is 0 Å². The van der Waals surface area contributed by atoms with Gasteiger partial charge in [0, 0.05) is 32.9 Å². The van der Waals surface area contributed by atoms with Crippen molar-refractivity contribution in [1.29, 1.82) is 0 Å². The van der Waals surface area contributed by atoms with Crippen LogP contribution in [-0.2, 0) is 5.41 Å². The Morgan fingerprint density at radius 1 is 0.463 bits per heavy atom. The average molecular weight is 529 g/mol. The van der Waals surface area contributed by atoms with Gasteiger partial charge in [-0.2, -0.15) is 0 Å². The van der Waals surface area contributed by atoms with Crippen LogP contribution in [0.15, 0.2) is 138 Å². The second-order valence-electron chi connectivity index (χ2n) is 11.4. The second-order valence-corrected chi connectivity index (χ2v) is 11.4. The van der Waals surface area contributed by atoms with Gasteiger partial charge in [-0.05, 0) is 46.0 Å². The Labute approximate surface area is 239 Å². The van der Waals surface area contributed by atoms with Crippen LogP contribution in [0.3, 0.4) is 0 Å². The number of rotatable bonds is 3. The van der Waals surface area contributed by atoms with Crippen molar-refractivity contribution >= 4 is 21.9 Å². The van der Waals surface area contributed by atoms with Gasteiger partial charge in [0.2, 0.25) is 0 Å². The summed E-state index contributed by atoms with van der Waals surface area (Å²) in [5, 5.41) is 2.30. The Morgan fingerprint density at radius 2 is 1.05 bits per heavy atom. The maximum Gasteiger partial charge on any atom is 0.143 e. The molecule has 0 bridgehead atoms. The highest BCUT2D eigenvalue weighted by molar-refractivity contribution is 6.09. The summed E-state index contributed by atoms with van der Waals surface area (Å²) in [6.07, 6.45) is 0. The van der Waals surface area contributed by atoms with Crippen molar-refractivity contribution in [2.75, 3.05) is 0 Å². The molecular formula is C39H28O2. The number of para-hydroxylation sites is 3. The smallest absolute Gasteiger partial charge is 0.143 e. The normalized spacial score (nSPS) is 13.5. The van der Waals surface area contributed by atoms with Crippen molar-refractivity contribution in [3.05, 3.63) is 145 Å². The lowest BCUT2D eigenvalue weighted by Crippen LogP contribution is -2.24. The molecular weight excluding hydrogens is 500 g/mol. The molecule has 0 saturated heterocycles. The number of ether oxygens (including phenoxy) is 1. The predicted octanol–water partition coefficient (Wildman–Crippen LogP) is 11.0. The van der Waals surface area contributed by atoms with Crippen molar-refractivity contribution < 1.29 is 9.15 Å². The third kappa shape index (κ3) is 3.79. The minimum absolute atomic E-state index is 0.103. The van der Waals surface area contributed by atoms with Crippen molar-refractivity contribution in [2.24, 2.45) is 0 Å². The number of hydrogen-bond acceptors (Lipinski definition) is 2. The van der Waals surface area contributed by atoms with E-state index in [1.54, 1.807) is 0 Å². The van der Waals surface area contributed by atoms with Crippen LogP contribution in [0, 0.1) is 0 Å². The second kappa shape index (κ2) is 8.97. The Balaban J connectivity index is 1.08. The van der Waals surface area contributed by atoms with Crippen molar-refractivity contribution in [1.82, 2.24) is 0 Å². The first kappa shape index (κ1) is 23.8. The van der Waals surface area contributed by atoms with Crippen LogP contribution in [0.1, 0.15) is 25.0 Å². The molecule has 7 aromatic rings. The Kier molecular flexibility index (Phi) is 5.20. The van der Waals surface area contributed by atoms with Crippen molar-refractivity contribution in [3.8, 4) is 44.9 Å². The number of furan rings is 1. The molecule has 0 saturated carbocycles. The molecule has 41 heavy (non-hydrogen) atoms. The third-order valence-electron chi connectivity index (χ3n) is 8.59. The van der Waals surface area contributed by atoms with E-state index in [-0.39, 0.29) is 5.41 Å². The summed E-state index contributed by atoms with van der Waals surface area (Å²) >= 11 is 0. The molecule has 0 atom stereocenters. The Morgan fingerprint density at radius 3 is 1.83 bits per heavy atom. The maximum atomic E-state index is 6.35. The van der Waals surface area contributed by atoms with Gasteiger partial charge in [0.05, 0.1) is 0 Å². The first-order chi connectivity index (χ1) is 20.1. The zero-order valence-corrected chi connectivity index (χ0v) is 23.0. The van der Waals surface area contributed by atoms with Crippen LogP contribution in [0.5, 0.6) is 11.5 Å². The molecule has 0 unspecified atom stereocenters. The summed E-state index contributed by atoms with van der Waals surface area (Å²) in [7, 11) is 0. The summed E-state index contributed by atoms with van der Waals surface area (Å²) in [4.78, 5) is 0. The van der Waals surface area contributed by atoms with Gasteiger partial charge in [-0.1, -0.05) is 129 Å². The molecule has 6 aromatic carbocycles. The summed E-state index contributed by atoms with van der Waals surface area (Å²) < 4.78 is 12.6. The van der Waals surface area contributed by atoms with Gasteiger partial charge in [-0.3, -0.25) is 0 Å². The van der Waals surface area contributed by atoms with E-state index >= 15 is 0 Å². The fraction of sp³-hybridized carbons (Fsp3) is 0.0769. The zero-order chi connectivity index (χ0) is 27.6. The maximum absolute atomic E-state index is 6.35. The summed E-state index contributed by atoms with van der Waals surface area (Å²) in [5.74, 6) is 1.88. The molecule has 0 fully saturated rings. The average Bonchev–Trinajstić information content (AvgIpc) is 3.40. The van der Waals surface area contributed by atoms with Crippen LogP contribution >= 0.6 is 0 Å². The van der Waals surface area contributed by atoms with E-state index in [9.17, 15) is 0 Å². The molecule has 0 spiro atoms. The van der Waals surface area contributed by atoms with Gasteiger partial charge in [0.25, 0.3) is 0 Å². The van der Waals surface area contributed by atoms with Crippen molar-refractivity contribution in [3.63, 3.8) is 0 Å². The summed E-state index contributed by atoms with van der Waals surface area (Å²) in [6, 6.07) is 47.1. The third-order valence-corrected chi connectivity index (χ3v) is 8.59. The van der Waals surface area contributed by atoms with Gasteiger partial charge in [-0.25, -0.2) is 0 Å². The molecule has 0 radical (unpaired) electrons. The van der Waals surface area contributed by atoms with Gasteiger partial charge in [-0.15, -0.1) is 0 Å². The lowest BCUT2D eigenvalue weighted by atomic mass is 9.75. The molecule has 1 aliphatic heterocycles. The van der Waals surface area contributed by atoms with Crippen LogP contribution in [0.25, 0.3) is 55.3 Å². The van der Waals surface area contributed by atoms with Gasteiger partial charge < -0.3 is 9.15 Å². The van der Waals surface area contributed by atoms with E-state index < -0.39 is 0 Å². The molecule has 0 aliphatic carbocycles. The minimum Gasteiger partial charge on any atom is -0.457 e. The number of fused-ring (bicyclic) bond motifs is 5. The highest BCUT2D eigenvalue weighted by Crippen LogP contribution is 2.48. The quantitative estimate of drug-likeness (QED) is 0.228. The van der Waals surface area contributed by atoms with Crippen LogP contribution < -0.4 is 4.74 Å². The Bertz CT molecular complexity index is 2080. The Hall–Kier alpha value is -5.08. The van der Waals surface area contributed by atoms with E-state index in [4.69, 9.17) is 9.15 Å². The molecule has 8 rings (SSSR count). The molecule has 196 valence electrons. The molecule has 1 aromatic heterocycles. The van der Waals surface area contributed by atoms with Crippen LogP contribution in [0.4, 0.5) is 0 Å². The molecule has 2 nitrogen and oxygen atoms in total. The number of hydrogen-bond donors (Lipinski definition) is 0. The van der Waals surface area contributed by atoms with E-state index in [1.807, 2.05) is 18.2 Å². The molecule has 1 aliphatic rings. The van der Waals surface area contributed by atoms with E-state index in [1.165, 1.54) is 27.8 Å². The summed E-state index contributed by atoms with van der Waals surface area (Å²) in [5.41, 5.74) is 11.2. The van der Waals surface area contributed by atoms with Gasteiger partial charge in [0.1, 0.15) is 22.7 Å². The molecule has 2 heteroatoms. The largest absolute Gasteiger partial charge is 0.457 e. The van der Waals surface area contributed by atoms with Crippen LogP contribution in [0.2, 0.25) is 0 Å². The molecule has 2 heterocycles. The standard InChI is InChI=1S/C39H28O2/c1-39(2)33-11-4-6-13-36(33)40-37-24-29(22-23-34(37)39)27-16-14-25(15-17-27)26-18-20-28(21-19-26)30-9-7-10-32-31-8-3-5-12-35(31)41-38(30)32/h3-24H,1-2H3. The highest BCUT2D eigenvalue weighted by Gasteiger charge is 2.34.